The van der Waals surface area contributed by atoms with Crippen LogP contribution >= 0.6 is 35.6 Å². The van der Waals surface area contributed by atoms with Crippen molar-refractivity contribution in [1.82, 2.24) is 4.90 Å². The van der Waals surface area contributed by atoms with Gasteiger partial charge in [-0.15, -0.1) is 0 Å². The standard InChI is InChI=1S/C18H23ClFN3S2/c1-2-3-4-5-6-7-10-21-18-23(11-12-25-18)17(24)22-14-8-9-16(20)15(19)13-14/h7-10,13H,2-6,11-12H2,1H3,(H,22,24)/b10-7+,21-18?. The molecule has 25 heavy (non-hydrogen) atoms. The second-order valence-electron chi connectivity index (χ2n) is 5.70. The molecule has 0 radical (unpaired) electrons. The predicted molar refractivity (Wildman–Crippen MR) is 112 cm³/mol. The predicted octanol–water partition coefficient (Wildman–Crippen LogP) is 6.06. The number of rotatable bonds is 7. The normalized spacial score (nSPS) is 16.1. The van der Waals surface area contributed by atoms with Gasteiger partial charge in [0.1, 0.15) is 5.82 Å². The molecule has 1 fully saturated rings. The number of thiocarbonyl (C=S) groups is 1. The van der Waals surface area contributed by atoms with Crippen molar-refractivity contribution in [3.63, 3.8) is 0 Å². The van der Waals surface area contributed by atoms with E-state index in [4.69, 9.17) is 23.8 Å². The zero-order valence-corrected chi connectivity index (χ0v) is 16.7. The molecule has 0 aromatic heterocycles. The second kappa shape index (κ2) is 10.8. The Labute approximate surface area is 163 Å². The average molecular weight is 400 g/mol. The quantitative estimate of drug-likeness (QED) is 0.445. The summed E-state index contributed by atoms with van der Waals surface area (Å²) in [6, 6.07) is 4.46. The van der Waals surface area contributed by atoms with Crippen LogP contribution in [-0.4, -0.2) is 27.5 Å². The number of amidine groups is 1. The highest BCUT2D eigenvalue weighted by atomic mass is 35.5. The number of allylic oxidation sites excluding steroid dienone is 1. The third-order valence-corrected chi connectivity index (χ3v) is 5.29. The molecule has 136 valence electrons. The Morgan fingerprint density at radius 1 is 1.44 bits per heavy atom. The summed E-state index contributed by atoms with van der Waals surface area (Å²) in [5.41, 5.74) is 0.666. The number of nitrogens with one attached hydrogen (secondary N) is 1. The summed E-state index contributed by atoms with van der Waals surface area (Å²) in [6.07, 6.45) is 10.0. The Kier molecular flexibility index (Phi) is 8.72. The molecule has 0 amide bonds. The molecule has 0 bridgehead atoms. The number of halogens is 2. The minimum atomic E-state index is -0.443. The molecule has 0 spiro atoms. The van der Waals surface area contributed by atoms with E-state index in [0.29, 0.717) is 10.8 Å². The van der Waals surface area contributed by atoms with E-state index >= 15 is 0 Å². The second-order valence-corrected chi connectivity index (χ2v) is 7.56. The molecule has 1 saturated heterocycles. The van der Waals surface area contributed by atoms with Gasteiger partial charge in [-0.25, -0.2) is 9.38 Å². The van der Waals surface area contributed by atoms with Crippen molar-refractivity contribution in [3.8, 4) is 0 Å². The van der Waals surface area contributed by atoms with Crippen molar-refractivity contribution < 1.29 is 4.39 Å². The lowest BCUT2D eigenvalue weighted by molar-refractivity contribution is 0.628. The molecule has 1 aromatic carbocycles. The van der Waals surface area contributed by atoms with Crippen LogP contribution in [0, 0.1) is 5.82 Å². The van der Waals surface area contributed by atoms with Gasteiger partial charge in [0, 0.05) is 24.2 Å². The fourth-order valence-electron chi connectivity index (χ4n) is 2.34. The van der Waals surface area contributed by atoms with Crippen LogP contribution in [0.2, 0.25) is 5.02 Å². The molecular weight excluding hydrogens is 377 g/mol. The Balaban J connectivity index is 1.88. The third kappa shape index (κ3) is 6.60. The number of thioether (sulfide) groups is 1. The van der Waals surface area contributed by atoms with Crippen LogP contribution in [0.5, 0.6) is 0 Å². The van der Waals surface area contributed by atoms with Gasteiger partial charge in [-0.2, -0.15) is 0 Å². The molecule has 0 unspecified atom stereocenters. The van der Waals surface area contributed by atoms with Crippen LogP contribution in [0.15, 0.2) is 35.5 Å². The third-order valence-electron chi connectivity index (χ3n) is 3.71. The molecule has 1 aliphatic rings. The highest BCUT2D eigenvalue weighted by molar-refractivity contribution is 8.14. The van der Waals surface area contributed by atoms with Crippen molar-refractivity contribution >= 4 is 51.5 Å². The molecule has 1 heterocycles. The van der Waals surface area contributed by atoms with Crippen LogP contribution in [0.25, 0.3) is 0 Å². The fraction of sp³-hybridized carbons (Fsp3) is 0.444. The lowest BCUT2D eigenvalue weighted by Gasteiger charge is -2.19. The number of unbranched alkanes of at least 4 members (excludes halogenated alkanes) is 4. The number of anilines is 1. The molecule has 1 N–H and O–H groups in total. The monoisotopic (exact) mass is 399 g/mol. The van der Waals surface area contributed by atoms with Gasteiger partial charge in [-0.1, -0.05) is 55.6 Å². The van der Waals surface area contributed by atoms with E-state index in [2.05, 4.69) is 23.3 Å². The maximum atomic E-state index is 13.2. The van der Waals surface area contributed by atoms with Gasteiger partial charge in [0.25, 0.3) is 0 Å². The van der Waals surface area contributed by atoms with Gasteiger partial charge in [0.2, 0.25) is 0 Å². The van der Waals surface area contributed by atoms with Crippen LogP contribution in [0.3, 0.4) is 0 Å². The van der Waals surface area contributed by atoms with Gasteiger partial charge >= 0.3 is 0 Å². The number of hydrogen-bond donors (Lipinski definition) is 1. The van der Waals surface area contributed by atoms with Gasteiger partial charge in [-0.05, 0) is 43.3 Å². The van der Waals surface area contributed by atoms with Crippen molar-refractivity contribution in [2.75, 3.05) is 17.6 Å². The Hall–Kier alpha value is -1.11. The molecule has 2 rings (SSSR count). The molecule has 1 aliphatic heterocycles. The summed E-state index contributed by atoms with van der Waals surface area (Å²) in [6.45, 7) is 3.01. The van der Waals surface area contributed by atoms with E-state index in [1.807, 2.05) is 11.1 Å². The Morgan fingerprint density at radius 3 is 3.04 bits per heavy atom. The minimum Gasteiger partial charge on any atom is -0.332 e. The van der Waals surface area contributed by atoms with E-state index in [-0.39, 0.29) is 5.02 Å². The van der Waals surface area contributed by atoms with Crippen molar-refractivity contribution in [1.29, 1.82) is 0 Å². The average Bonchev–Trinajstić information content (AvgIpc) is 3.06. The van der Waals surface area contributed by atoms with Crippen LogP contribution in [0.4, 0.5) is 10.1 Å². The zero-order chi connectivity index (χ0) is 18.1. The summed E-state index contributed by atoms with van der Waals surface area (Å²) < 4.78 is 13.2. The maximum absolute atomic E-state index is 13.2. The van der Waals surface area contributed by atoms with Crippen LogP contribution in [0.1, 0.15) is 39.0 Å². The Bertz CT molecular complexity index is 649. The smallest absolute Gasteiger partial charge is 0.179 e. The van der Waals surface area contributed by atoms with Crippen molar-refractivity contribution in [2.45, 2.75) is 39.0 Å². The van der Waals surface area contributed by atoms with E-state index < -0.39 is 5.82 Å². The SMILES string of the molecule is CCCCCC/C=C/N=C1SCCN1C(=S)Nc1ccc(F)c(Cl)c1. The van der Waals surface area contributed by atoms with Gasteiger partial charge in [0.15, 0.2) is 10.3 Å². The number of aliphatic imine (C=N–C) groups is 1. The molecular formula is C18H23ClFN3S2. The maximum Gasteiger partial charge on any atom is 0.179 e. The first-order chi connectivity index (χ1) is 12.1. The molecule has 0 aliphatic carbocycles. The number of nitrogens with zero attached hydrogens (tertiary/aromatic N) is 2. The highest BCUT2D eigenvalue weighted by Gasteiger charge is 2.22. The summed E-state index contributed by atoms with van der Waals surface area (Å²) in [5, 5.41) is 4.60. The van der Waals surface area contributed by atoms with Gasteiger partial charge in [0.05, 0.1) is 5.02 Å². The summed E-state index contributed by atoms with van der Waals surface area (Å²) in [5.74, 6) is 0.496. The number of hydrogen-bond acceptors (Lipinski definition) is 3. The molecule has 0 saturated carbocycles. The van der Waals surface area contributed by atoms with Crippen LogP contribution < -0.4 is 5.32 Å². The van der Waals surface area contributed by atoms with E-state index in [0.717, 1.165) is 23.9 Å². The van der Waals surface area contributed by atoms with Crippen molar-refractivity contribution in [2.24, 2.45) is 4.99 Å². The lowest BCUT2D eigenvalue weighted by Crippen LogP contribution is -2.35. The molecule has 3 nitrogen and oxygen atoms in total. The van der Waals surface area contributed by atoms with Gasteiger partial charge < -0.3 is 5.32 Å². The van der Waals surface area contributed by atoms with Crippen molar-refractivity contribution in [3.05, 3.63) is 41.3 Å². The summed E-state index contributed by atoms with van der Waals surface area (Å²) in [7, 11) is 0. The fourth-order valence-corrected chi connectivity index (χ4v) is 3.81. The highest BCUT2D eigenvalue weighted by Crippen LogP contribution is 2.22. The Morgan fingerprint density at radius 2 is 2.28 bits per heavy atom. The topological polar surface area (TPSA) is 27.6 Å². The first-order valence-corrected chi connectivity index (χ1v) is 10.3. The first-order valence-electron chi connectivity index (χ1n) is 8.51. The largest absolute Gasteiger partial charge is 0.332 e. The number of benzene rings is 1. The zero-order valence-electron chi connectivity index (χ0n) is 14.3. The van der Waals surface area contributed by atoms with Gasteiger partial charge in [-0.3, -0.25) is 4.90 Å². The minimum absolute atomic E-state index is 0.0727. The van der Waals surface area contributed by atoms with Crippen LogP contribution in [-0.2, 0) is 0 Å². The molecule has 1 aromatic rings. The molecule has 0 atom stereocenters. The molecule has 7 heteroatoms. The first kappa shape index (κ1) is 20.2. The summed E-state index contributed by atoms with van der Waals surface area (Å²) >= 11 is 12.9. The summed E-state index contributed by atoms with van der Waals surface area (Å²) in [4.78, 5) is 6.49. The van der Waals surface area contributed by atoms with E-state index in [1.54, 1.807) is 17.8 Å². The lowest BCUT2D eigenvalue weighted by atomic mass is 10.1. The van der Waals surface area contributed by atoms with E-state index in [1.165, 1.54) is 37.8 Å². The van der Waals surface area contributed by atoms with E-state index in [9.17, 15) is 4.39 Å².